The Morgan fingerprint density at radius 3 is 1.48 bits per heavy atom. The largest absolute Gasteiger partial charge is 0.496 e. The van der Waals surface area contributed by atoms with Gasteiger partial charge in [-0.05, 0) is 29.7 Å². The highest BCUT2D eigenvalue weighted by atomic mass is 16.5. The third-order valence-corrected chi connectivity index (χ3v) is 2.52. The Bertz CT molecular complexity index is 456. The Labute approximate surface area is 158 Å². The van der Waals surface area contributed by atoms with Gasteiger partial charge in [-0.1, -0.05) is 105 Å². The Hall–Kier alpha value is -2.28. The smallest absolute Gasteiger partial charge is 0.125 e. The molecule has 0 heterocycles. The van der Waals surface area contributed by atoms with E-state index in [1.807, 2.05) is 53.7 Å². The Kier molecular flexibility index (Phi) is 32.6. The highest BCUT2D eigenvalue weighted by Gasteiger charge is 2.01. The van der Waals surface area contributed by atoms with Gasteiger partial charge in [-0.3, -0.25) is 0 Å². The lowest BCUT2D eigenvalue weighted by molar-refractivity contribution is 0.305. The quantitative estimate of drug-likeness (QED) is 0.303. The molecule has 0 saturated heterocycles. The molecule has 0 bridgehead atoms. The van der Waals surface area contributed by atoms with Crippen LogP contribution in [0.25, 0.3) is 0 Å². The van der Waals surface area contributed by atoms with Crippen LogP contribution in [0.4, 0.5) is 0 Å². The highest BCUT2D eigenvalue weighted by molar-refractivity contribution is 5.43. The number of hydrogen-bond acceptors (Lipinski definition) is 1. The van der Waals surface area contributed by atoms with E-state index in [4.69, 9.17) is 4.74 Å². The van der Waals surface area contributed by atoms with Crippen LogP contribution in [0.15, 0.2) is 97.9 Å². The summed E-state index contributed by atoms with van der Waals surface area (Å²) in [6.45, 7) is 30.8. The van der Waals surface area contributed by atoms with Crippen molar-refractivity contribution in [1.82, 2.24) is 0 Å². The third-order valence-electron chi connectivity index (χ3n) is 2.52. The third kappa shape index (κ3) is 16.4. The summed E-state index contributed by atoms with van der Waals surface area (Å²) in [5, 5.41) is 0. The van der Waals surface area contributed by atoms with E-state index < -0.39 is 0 Å². The van der Waals surface area contributed by atoms with E-state index in [1.54, 1.807) is 37.5 Å². The van der Waals surface area contributed by atoms with Crippen LogP contribution < -0.4 is 0 Å². The van der Waals surface area contributed by atoms with Gasteiger partial charge >= 0.3 is 0 Å². The van der Waals surface area contributed by atoms with Crippen molar-refractivity contribution in [3.05, 3.63) is 97.9 Å². The van der Waals surface area contributed by atoms with Gasteiger partial charge in [0.25, 0.3) is 0 Å². The first-order chi connectivity index (χ1) is 12.2. The van der Waals surface area contributed by atoms with Crippen molar-refractivity contribution >= 4 is 0 Å². The normalized spacial score (nSPS) is 10.7. The molecule has 1 heteroatoms. The molecule has 0 radical (unpaired) electrons. The molecule has 0 rings (SSSR count). The number of ether oxygens (including phenoxy) is 1. The topological polar surface area (TPSA) is 9.23 Å². The maximum atomic E-state index is 5.24. The van der Waals surface area contributed by atoms with Crippen molar-refractivity contribution in [1.29, 1.82) is 0 Å². The minimum absolute atomic E-state index is 0.683. The summed E-state index contributed by atoms with van der Waals surface area (Å²) in [6.07, 6.45) is 13.4. The lowest BCUT2D eigenvalue weighted by atomic mass is 10.0. The summed E-state index contributed by atoms with van der Waals surface area (Å²) in [6, 6.07) is 0. The summed E-state index contributed by atoms with van der Waals surface area (Å²) in [5.74, 6) is 0.683. The number of rotatable bonds is 9. The van der Waals surface area contributed by atoms with Crippen LogP contribution in [0, 0.1) is 0 Å². The van der Waals surface area contributed by atoms with Gasteiger partial charge in [-0.15, -0.1) is 0 Å². The van der Waals surface area contributed by atoms with E-state index in [0.29, 0.717) is 5.76 Å². The monoisotopic (exact) mass is 344 g/mol. The number of hydrogen-bond donors (Lipinski definition) is 0. The molecular formula is C24H40O. The van der Waals surface area contributed by atoms with Gasteiger partial charge < -0.3 is 4.74 Å². The summed E-state index contributed by atoms with van der Waals surface area (Å²) in [7, 11) is 1.61. The second kappa shape index (κ2) is 26.6. The zero-order chi connectivity index (χ0) is 20.7. The van der Waals surface area contributed by atoms with Crippen molar-refractivity contribution in [2.45, 2.75) is 48.0 Å². The molecule has 0 aromatic rings. The molecule has 0 atom stereocenters. The SMILES string of the molecule is C=C/C=C(\C=C)C/C(C=C)=C/C(C=C)=C(\C=C)OC.CC.CC.CC. The van der Waals surface area contributed by atoms with Gasteiger partial charge in [0.1, 0.15) is 5.76 Å². The predicted molar refractivity (Wildman–Crippen MR) is 120 cm³/mol. The second-order valence-corrected chi connectivity index (χ2v) is 3.71. The first kappa shape index (κ1) is 30.6. The zero-order valence-electron chi connectivity index (χ0n) is 17.7. The van der Waals surface area contributed by atoms with E-state index in [1.165, 1.54) is 0 Å². The molecule has 142 valence electrons. The predicted octanol–water partition coefficient (Wildman–Crippen LogP) is 8.14. The van der Waals surface area contributed by atoms with E-state index in [0.717, 1.165) is 23.1 Å². The van der Waals surface area contributed by atoms with Crippen LogP contribution in [-0.2, 0) is 4.74 Å². The first-order valence-electron chi connectivity index (χ1n) is 8.96. The molecule has 0 aliphatic carbocycles. The molecule has 0 aliphatic rings. The van der Waals surface area contributed by atoms with Gasteiger partial charge in [0.05, 0.1) is 7.11 Å². The van der Waals surface area contributed by atoms with Crippen LogP contribution in [-0.4, -0.2) is 7.11 Å². The molecule has 25 heavy (non-hydrogen) atoms. The van der Waals surface area contributed by atoms with Gasteiger partial charge in [-0.2, -0.15) is 0 Å². The van der Waals surface area contributed by atoms with E-state index in [-0.39, 0.29) is 0 Å². The van der Waals surface area contributed by atoms with Crippen molar-refractivity contribution in [2.24, 2.45) is 0 Å². The molecule has 0 spiro atoms. The molecule has 1 nitrogen and oxygen atoms in total. The van der Waals surface area contributed by atoms with Crippen LogP contribution >= 0.6 is 0 Å². The molecule has 0 aliphatic heterocycles. The summed E-state index contributed by atoms with van der Waals surface area (Å²) >= 11 is 0. The standard InChI is InChI=1S/C18H22O.3C2H6/c1-7-12-15(8-2)13-16(9-3)14-17(10-4)18(11-5)19-6;3*1-2/h7-12,14H,1-5,13H2,6H3;3*1-2H3/b15-12+,16-14+,18-17+;;;. The maximum absolute atomic E-state index is 5.24. The average Bonchev–Trinajstić information content (AvgIpc) is 2.71. The summed E-state index contributed by atoms with van der Waals surface area (Å²) in [4.78, 5) is 0. The van der Waals surface area contributed by atoms with Crippen molar-refractivity contribution < 1.29 is 4.74 Å². The van der Waals surface area contributed by atoms with Crippen LogP contribution in [0.2, 0.25) is 0 Å². The van der Waals surface area contributed by atoms with Crippen molar-refractivity contribution in [3.8, 4) is 0 Å². The van der Waals surface area contributed by atoms with Gasteiger partial charge in [0.15, 0.2) is 0 Å². The van der Waals surface area contributed by atoms with Gasteiger partial charge in [0, 0.05) is 5.57 Å². The molecular weight excluding hydrogens is 304 g/mol. The highest BCUT2D eigenvalue weighted by Crippen LogP contribution is 2.18. The van der Waals surface area contributed by atoms with Gasteiger partial charge in [-0.25, -0.2) is 0 Å². The molecule has 0 fully saturated rings. The summed E-state index contributed by atoms with van der Waals surface area (Å²) < 4.78 is 5.24. The minimum Gasteiger partial charge on any atom is -0.496 e. The molecule has 0 saturated carbocycles. The van der Waals surface area contributed by atoms with Crippen LogP contribution in [0.5, 0.6) is 0 Å². The number of methoxy groups -OCH3 is 1. The molecule has 0 N–H and O–H groups in total. The molecule has 0 aromatic heterocycles. The van der Waals surface area contributed by atoms with Crippen LogP contribution in [0.1, 0.15) is 48.0 Å². The molecule has 0 aromatic carbocycles. The minimum atomic E-state index is 0.683. The molecule has 0 amide bonds. The van der Waals surface area contributed by atoms with Crippen LogP contribution in [0.3, 0.4) is 0 Å². The fraction of sp³-hybridized carbons (Fsp3) is 0.333. The first-order valence-corrected chi connectivity index (χ1v) is 8.96. The van der Waals surface area contributed by atoms with E-state index >= 15 is 0 Å². The van der Waals surface area contributed by atoms with Crippen molar-refractivity contribution in [2.75, 3.05) is 7.11 Å². The fourth-order valence-corrected chi connectivity index (χ4v) is 1.52. The summed E-state index contributed by atoms with van der Waals surface area (Å²) in [5.41, 5.74) is 2.98. The maximum Gasteiger partial charge on any atom is 0.125 e. The van der Waals surface area contributed by atoms with Gasteiger partial charge in [0.2, 0.25) is 0 Å². The molecule has 0 unspecified atom stereocenters. The van der Waals surface area contributed by atoms with E-state index in [9.17, 15) is 0 Å². The number of allylic oxidation sites excluding steroid dienone is 10. The second-order valence-electron chi connectivity index (χ2n) is 3.71. The van der Waals surface area contributed by atoms with E-state index in [2.05, 4.69) is 32.9 Å². The fourth-order valence-electron chi connectivity index (χ4n) is 1.52. The zero-order valence-corrected chi connectivity index (χ0v) is 17.7. The van der Waals surface area contributed by atoms with Crippen molar-refractivity contribution in [3.63, 3.8) is 0 Å². The Morgan fingerprint density at radius 2 is 1.20 bits per heavy atom. The lowest BCUT2D eigenvalue weighted by Crippen LogP contribution is -1.90. The average molecular weight is 345 g/mol. The Morgan fingerprint density at radius 1 is 0.720 bits per heavy atom. The lowest BCUT2D eigenvalue weighted by Gasteiger charge is -2.07. The Balaban J connectivity index is -0.000000329.